The summed E-state index contributed by atoms with van der Waals surface area (Å²) < 4.78 is 5.40. The first kappa shape index (κ1) is 26.5. The third-order valence-electron chi connectivity index (χ3n) is 8.23. The lowest BCUT2D eigenvalue weighted by atomic mass is 10.0. The van der Waals surface area contributed by atoms with Crippen molar-refractivity contribution >= 4 is 29.5 Å². The van der Waals surface area contributed by atoms with Crippen molar-refractivity contribution in [3.05, 3.63) is 29.3 Å². The SMILES string of the molecule is CC(C)(C)OC(=O)NC[C@H]1CC[C@@H](N(CCC2CC2)c2cccc3c2CN(C2CCC(=O)NC2=O)C3=O)C1. The fraction of sp³-hybridized carbons (Fsp3) is 0.655. The van der Waals surface area contributed by atoms with Gasteiger partial charge in [0.2, 0.25) is 11.8 Å². The number of rotatable bonds is 8. The smallest absolute Gasteiger partial charge is 0.407 e. The maximum Gasteiger partial charge on any atom is 0.407 e. The number of piperidine rings is 1. The topological polar surface area (TPSA) is 108 Å². The molecule has 1 aromatic carbocycles. The summed E-state index contributed by atoms with van der Waals surface area (Å²) in [7, 11) is 0. The number of imide groups is 1. The highest BCUT2D eigenvalue weighted by Gasteiger charge is 2.41. The molecule has 206 valence electrons. The number of fused-ring (bicyclic) bond motifs is 1. The van der Waals surface area contributed by atoms with Gasteiger partial charge < -0.3 is 19.9 Å². The van der Waals surface area contributed by atoms with Crippen molar-refractivity contribution in [2.45, 2.75) is 96.4 Å². The summed E-state index contributed by atoms with van der Waals surface area (Å²) in [5.74, 6) is 0.352. The van der Waals surface area contributed by atoms with Crippen molar-refractivity contribution in [1.82, 2.24) is 15.5 Å². The van der Waals surface area contributed by atoms with Gasteiger partial charge in [-0.1, -0.05) is 18.9 Å². The lowest BCUT2D eigenvalue weighted by Crippen LogP contribution is -2.52. The van der Waals surface area contributed by atoms with Gasteiger partial charge in [0.15, 0.2) is 0 Å². The lowest BCUT2D eigenvalue weighted by Gasteiger charge is -2.34. The van der Waals surface area contributed by atoms with Crippen molar-refractivity contribution in [2.24, 2.45) is 11.8 Å². The number of nitrogens with zero attached hydrogens (tertiary/aromatic N) is 2. The van der Waals surface area contributed by atoms with Gasteiger partial charge in [-0.2, -0.15) is 0 Å². The van der Waals surface area contributed by atoms with Crippen LogP contribution in [0, 0.1) is 11.8 Å². The Labute approximate surface area is 224 Å². The third-order valence-corrected chi connectivity index (χ3v) is 8.23. The summed E-state index contributed by atoms with van der Waals surface area (Å²) in [6.07, 6.45) is 6.96. The van der Waals surface area contributed by atoms with E-state index in [0.717, 1.165) is 49.4 Å². The summed E-state index contributed by atoms with van der Waals surface area (Å²) in [4.78, 5) is 53.9. The first-order valence-corrected chi connectivity index (χ1v) is 14.1. The van der Waals surface area contributed by atoms with E-state index in [0.29, 0.717) is 37.0 Å². The van der Waals surface area contributed by atoms with E-state index in [4.69, 9.17) is 4.74 Å². The molecule has 4 amide bonds. The van der Waals surface area contributed by atoms with Crippen LogP contribution >= 0.6 is 0 Å². The summed E-state index contributed by atoms with van der Waals surface area (Å²) in [5, 5.41) is 5.34. The van der Waals surface area contributed by atoms with Crippen molar-refractivity contribution in [2.75, 3.05) is 18.0 Å². The van der Waals surface area contributed by atoms with Gasteiger partial charge in [-0.15, -0.1) is 0 Å². The molecule has 1 aromatic rings. The van der Waals surface area contributed by atoms with Gasteiger partial charge >= 0.3 is 6.09 Å². The predicted octanol–water partition coefficient (Wildman–Crippen LogP) is 3.75. The van der Waals surface area contributed by atoms with E-state index in [-0.39, 0.29) is 30.2 Å². The Morgan fingerprint density at radius 2 is 1.87 bits per heavy atom. The number of hydrogen-bond donors (Lipinski definition) is 2. The molecule has 1 saturated heterocycles. The van der Waals surface area contributed by atoms with Crippen LogP contribution in [0.2, 0.25) is 0 Å². The third kappa shape index (κ3) is 5.97. The van der Waals surface area contributed by atoms with Gasteiger partial charge in [0.1, 0.15) is 11.6 Å². The maximum atomic E-state index is 13.4. The molecule has 0 spiro atoms. The van der Waals surface area contributed by atoms with Crippen LogP contribution in [-0.4, -0.2) is 59.5 Å². The molecule has 2 saturated carbocycles. The van der Waals surface area contributed by atoms with Gasteiger partial charge in [-0.3, -0.25) is 19.7 Å². The Balaban J connectivity index is 1.30. The largest absolute Gasteiger partial charge is 0.444 e. The van der Waals surface area contributed by atoms with Crippen LogP contribution in [0.3, 0.4) is 0 Å². The molecular formula is C29H40N4O5. The highest BCUT2D eigenvalue weighted by Crippen LogP contribution is 2.40. The minimum atomic E-state index is -0.616. The summed E-state index contributed by atoms with van der Waals surface area (Å²) in [6, 6.07) is 5.62. The van der Waals surface area contributed by atoms with Crippen LogP contribution < -0.4 is 15.5 Å². The molecule has 38 heavy (non-hydrogen) atoms. The van der Waals surface area contributed by atoms with Crippen LogP contribution in [0.4, 0.5) is 10.5 Å². The molecule has 0 radical (unpaired) electrons. The number of carbonyl (C=O) groups is 4. The van der Waals surface area contributed by atoms with E-state index in [2.05, 4.69) is 21.6 Å². The van der Waals surface area contributed by atoms with E-state index < -0.39 is 11.6 Å². The van der Waals surface area contributed by atoms with Crippen LogP contribution in [0.15, 0.2) is 18.2 Å². The van der Waals surface area contributed by atoms with Crippen molar-refractivity contribution < 1.29 is 23.9 Å². The van der Waals surface area contributed by atoms with Crippen molar-refractivity contribution in [3.8, 4) is 0 Å². The molecule has 2 aliphatic carbocycles. The Morgan fingerprint density at radius 1 is 1.11 bits per heavy atom. The number of carbonyl (C=O) groups excluding carboxylic acids is 4. The van der Waals surface area contributed by atoms with Crippen molar-refractivity contribution in [1.29, 1.82) is 0 Å². The van der Waals surface area contributed by atoms with Gasteiger partial charge in [-0.25, -0.2) is 4.79 Å². The van der Waals surface area contributed by atoms with Gasteiger partial charge in [-0.05, 0) is 76.8 Å². The standard InChI is InChI=1S/C29H40N4O5/c1-29(2,3)38-28(37)30-16-19-9-10-20(15-19)32(14-13-18-7-8-18)23-6-4-5-21-22(23)17-33(27(21)36)24-11-12-25(34)31-26(24)35/h4-6,18-20,24H,7-17H2,1-3H3,(H,30,37)(H,31,34,35)/t19-,20+,24?/m0/s1. The molecule has 1 unspecified atom stereocenters. The van der Waals surface area contributed by atoms with Gasteiger partial charge in [0.05, 0.1) is 0 Å². The number of anilines is 1. The number of alkyl carbamates (subject to hydrolysis) is 1. The van der Waals surface area contributed by atoms with Crippen LogP contribution in [0.1, 0.15) is 88.1 Å². The number of nitrogens with one attached hydrogen (secondary N) is 2. The quantitative estimate of drug-likeness (QED) is 0.502. The number of benzene rings is 1. The van der Waals surface area contributed by atoms with Crippen molar-refractivity contribution in [3.63, 3.8) is 0 Å². The zero-order valence-corrected chi connectivity index (χ0v) is 22.8. The fourth-order valence-electron chi connectivity index (χ4n) is 6.13. The highest BCUT2D eigenvalue weighted by atomic mass is 16.6. The minimum Gasteiger partial charge on any atom is -0.444 e. The molecule has 2 aliphatic heterocycles. The molecule has 5 rings (SSSR count). The second-order valence-electron chi connectivity index (χ2n) is 12.3. The monoisotopic (exact) mass is 524 g/mol. The molecule has 9 nitrogen and oxygen atoms in total. The Hall–Kier alpha value is -3.10. The van der Waals surface area contributed by atoms with Gasteiger partial charge in [0, 0.05) is 48.9 Å². The zero-order valence-electron chi connectivity index (χ0n) is 22.8. The predicted molar refractivity (Wildman–Crippen MR) is 143 cm³/mol. The molecule has 3 atom stereocenters. The Kier molecular flexibility index (Phi) is 7.38. The normalized spacial score (nSPS) is 25.3. The number of ether oxygens (including phenoxy) is 1. The summed E-state index contributed by atoms with van der Waals surface area (Å²) >= 11 is 0. The molecular weight excluding hydrogens is 484 g/mol. The minimum absolute atomic E-state index is 0.135. The fourth-order valence-corrected chi connectivity index (χ4v) is 6.13. The molecule has 2 N–H and O–H groups in total. The van der Waals surface area contributed by atoms with E-state index in [1.807, 2.05) is 32.9 Å². The van der Waals surface area contributed by atoms with Crippen LogP contribution in [-0.2, 0) is 20.9 Å². The van der Waals surface area contributed by atoms with E-state index in [9.17, 15) is 19.2 Å². The zero-order chi connectivity index (χ0) is 27.0. The maximum absolute atomic E-state index is 13.4. The number of amides is 4. The lowest BCUT2D eigenvalue weighted by molar-refractivity contribution is -0.136. The molecule has 0 aromatic heterocycles. The van der Waals surface area contributed by atoms with E-state index >= 15 is 0 Å². The second kappa shape index (κ2) is 10.6. The molecule has 3 fully saturated rings. The first-order valence-electron chi connectivity index (χ1n) is 14.1. The summed E-state index contributed by atoms with van der Waals surface area (Å²) in [5.41, 5.74) is 2.20. The Morgan fingerprint density at radius 3 is 2.58 bits per heavy atom. The molecule has 4 aliphatic rings. The first-order chi connectivity index (χ1) is 18.1. The van der Waals surface area contributed by atoms with E-state index in [1.54, 1.807) is 4.90 Å². The van der Waals surface area contributed by atoms with Crippen LogP contribution in [0.25, 0.3) is 0 Å². The Bertz CT molecular complexity index is 1110. The average molecular weight is 525 g/mol. The molecule has 2 heterocycles. The second-order valence-corrected chi connectivity index (χ2v) is 12.3. The average Bonchev–Trinajstić information content (AvgIpc) is 3.45. The van der Waals surface area contributed by atoms with Gasteiger partial charge in [0.25, 0.3) is 5.91 Å². The molecule has 9 heteroatoms. The van der Waals surface area contributed by atoms with E-state index in [1.165, 1.54) is 12.8 Å². The van der Waals surface area contributed by atoms with Crippen LogP contribution in [0.5, 0.6) is 0 Å². The number of hydrogen-bond acceptors (Lipinski definition) is 6. The highest BCUT2D eigenvalue weighted by molar-refractivity contribution is 6.06. The summed E-state index contributed by atoms with van der Waals surface area (Å²) in [6.45, 7) is 7.50. The molecule has 0 bridgehead atoms.